The number of hydrogen-bond donors (Lipinski definition) is 1. The highest BCUT2D eigenvalue weighted by molar-refractivity contribution is 6.35. The average Bonchev–Trinajstić information content (AvgIpc) is 2.44. The Balaban J connectivity index is 2.18. The van der Waals surface area contributed by atoms with E-state index in [9.17, 15) is 4.39 Å². The molecule has 0 aromatic heterocycles. The largest absolute Gasteiger partial charge is 0.303 e. The number of halogens is 3. The Labute approximate surface area is 135 Å². The maximum Gasteiger partial charge on any atom is 0.123 e. The Hall–Kier alpha value is -1.09. The molecule has 2 aromatic rings. The molecule has 0 spiro atoms. The average molecular weight is 326 g/mol. The van der Waals surface area contributed by atoms with Crippen molar-refractivity contribution < 1.29 is 4.39 Å². The lowest BCUT2D eigenvalue weighted by atomic mass is 10.0. The van der Waals surface area contributed by atoms with E-state index in [1.54, 1.807) is 18.2 Å². The smallest absolute Gasteiger partial charge is 0.123 e. The zero-order chi connectivity index (χ0) is 15.4. The molecule has 21 heavy (non-hydrogen) atoms. The van der Waals surface area contributed by atoms with Gasteiger partial charge in [0.2, 0.25) is 0 Å². The molecule has 0 aliphatic rings. The van der Waals surface area contributed by atoms with Gasteiger partial charge in [0.1, 0.15) is 5.82 Å². The summed E-state index contributed by atoms with van der Waals surface area (Å²) >= 11 is 12.2. The molecule has 2 aromatic carbocycles. The van der Waals surface area contributed by atoms with Crippen LogP contribution in [0.2, 0.25) is 10.0 Å². The highest BCUT2D eigenvalue weighted by Crippen LogP contribution is 2.29. The molecule has 1 nitrogen and oxygen atoms in total. The van der Waals surface area contributed by atoms with E-state index in [-0.39, 0.29) is 17.9 Å². The minimum atomic E-state index is -0.218. The highest BCUT2D eigenvalue weighted by atomic mass is 35.5. The van der Waals surface area contributed by atoms with Gasteiger partial charge in [-0.3, -0.25) is 0 Å². The molecule has 2 atom stereocenters. The molecule has 0 bridgehead atoms. The molecule has 112 valence electrons. The minimum Gasteiger partial charge on any atom is -0.303 e. The summed E-state index contributed by atoms with van der Waals surface area (Å²) in [6.45, 7) is 4.11. The van der Waals surface area contributed by atoms with Gasteiger partial charge in [-0.15, -0.1) is 0 Å². The van der Waals surface area contributed by atoms with Crippen LogP contribution in [0, 0.1) is 5.82 Å². The summed E-state index contributed by atoms with van der Waals surface area (Å²) in [7, 11) is 0. The first kappa shape index (κ1) is 16.3. The van der Waals surface area contributed by atoms with Gasteiger partial charge in [-0.2, -0.15) is 0 Å². The van der Waals surface area contributed by atoms with Crippen LogP contribution in [0.5, 0.6) is 0 Å². The summed E-state index contributed by atoms with van der Waals surface area (Å²) in [4.78, 5) is 0. The molecule has 0 amide bonds. The molecule has 0 aliphatic carbocycles. The number of rotatable bonds is 5. The number of hydrogen-bond acceptors (Lipinski definition) is 1. The second kappa shape index (κ2) is 7.26. The van der Waals surface area contributed by atoms with Crippen LogP contribution in [0.3, 0.4) is 0 Å². The fourth-order valence-electron chi connectivity index (χ4n) is 2.42. The molecular formula is C17H18Cl2FN. The van der Waals surface area contributed by atoms with Gasteiger partial charge in [-0.1, -0.05) is 48.3 Å². The summed E-state index contributed by atoms with van der Waals surface area (Å²) in [5.41, 5.74) is 1.92. The Kier molecular flexibility index (Phi) is 5.63. The van der Waals surface area contributed by atoms with Crippen molar-refractivity contribution in [2.45, 2.75) is 32.4 Å². The normalized spacial score (nSPS) is 14.0. The van der Waals surface area contributed by atoms with Gasteiger partial charge in [-0.05, 0) is 48.7 Å². The summed E-state index contributed by atoms with van der Waals surface area (Å²) < 4.78 is 13.4. The first-order chi connectivity index (χ1) is 10.0. The first-order valence-corrected chi connectivity index (χ1v) is 7.73. The fraction of sp³-hybridized carbons (Fsp3) is 0.294. The minimum absolute atomic E-state index is 0.0444. The second-order valence-corrected chi connectivity index (χ2v) is 5.91. The van der Waals surface area contributed by atoms with Crippen molar-refractivity contribution in [3.05, 3.63) is 69.5 Å². The lowest BCUT2D eigenvalue weighted by molar-refractivity contribution is 0.454. The lowest BCUT2D eigenvalue weighted by Crippen LogP contribution is -2.24. The van der Waals surface area contributed by atoms with Gasteiger partial charge in [0.15, 0.2) is 0 Å². The lowest BCUT2D eigenvalue weighted by Gasteiger charge is -2.24. The van der Waals surface area contributed by atoms with E-state index in [0.717, 1.165) is 17.5 Å². The predicted octanol–water partition coefficient (Wildman–Crippen LogP) is 5.93. The standard InChI is InChI=1S/C17H18Cl2FN/c1-3-17(12-5-4-6-14(20)9-12)21-11(2)15-8-7-13(18)10-16(15)19/h4-11,17,21H,3H2,1-2H3. The van der Waals surface area contributed by atoms with Crippen molar-refractivity contribution in [1.82, 2.24) is 5.32 Å². The molecule has 0 fully saturated rings. The molecule has 4 heteroatoms. The van der Waals surface area contributed by atoms with E-state index in [1.807, 2.05) is 25.1 Å². The monoisotopic (exact) mass is 325 g/mol. The molecule has 2 rings (SSSR count). The van der Waals surface area contributed by atoms with Crippen LogP contribution in [0.1, 0.15) is 43.5 Å². The maximum absolute atomic E-state index is 13.4. The van der Waals surface area contributed by atoms with Gasteiger partial charge in [0, 0.05) is 22.1 Å². The van der Waals surface area contributed by atoms with Gasteiger partial charge < -0.3 is 5.32 Å². The van der Waals surface area contributed by atoms with E-state index >= 15 is 0 Å². The topological polar surface area (TPSA) is 12.0 Å². The SMILES string of the molecule is CCC(NC(C)c1ccc(Cl)cc1Cl)c1cccc(F)c1. The molecule has 0 radical (unpaired) electrons. The van der Waals surface area contributed by atoms with Crippen LogP contribution in [0.15, 0.2) is 42.5 Å². The Morgan fingerprint density at radius 1 is 1.14 bits per heavy atom. The summed E-state index contributed by atoms with van der Waals surface area (Å²) in [5, 5.41) is 4.75. The van der Waals surface area contributed by atoms with Crippen molar-refractivity contribution in [2.24, 2.45) is 0 Å². The number of nitrogens with one attached hydrogen (secondary N) is 1. The second-order valence-electron chi connectivity index (χ2n) is 5.07. The third kappa shape index (κ3) is 4.19. The first-order valence-electron chi connectivity index (χ1n) is 6.97. The Morgan fingerprint density at radius 3 is 2.52 bits per heavy atom. The summed E-state index contributed by atoms with van der Waals surface area (Å²) in [5.74, 6) is -0.218. The molecule has 1 N–H and O–H groups in total. The zero-order valence-corrected chi connectivity index (χ0v) is 13.5. The molecule has 0 saturated heterocycles. The van der Waals surface area contributed by atoms with E-state index in [4.69, 9.17) is 23.2 Å². The number of benzene rings is 2. The quantitative estimate of drug-likeness (QED) is 0.717. The molecule has 2 unspecified atom stereocenters. The van der Waals surface area contributed by atoms with E-state index in [1.165, 1.54) is 6.07 Å². The van der Waals surface area contributed by atoms with Crippen molar-refractivity contribution in [3.8, 4) is 0 Å². The highest BCUT2D eigenvalue weighted by Gasteiger charge is 2.16. The van der Waals surface area contributed by atoms with Crippen LogP contribution in [0.25, 0.3) is 0 Å². The predicted molar refractivity (Wildman–Crippen MR) is 87.4 cm³/mol. The van der Waals surface area contributed by atoms with Gasteiger partial charge >= 0.3 is 0 Å². The van der Waals surface area contributed by atoms with Gasteiger partial charge in [0.05, 0.1) is 0 Å². The van der Waals surface area contributed by atoms with Crippen molar-refractivity contribution in [2.75, 3.05) is 0 Å². The summed E-state index contributed by atoms with van der Waals surface area (Å²) in [6.07, 6.45) is 0.860. The van der Waals surface area contributed by atoms with Gasteiger partial charge in [0.25, 0.3) is 0 Å². The van der Waals surface area contributed by atoms with Crippen LogP contribution in [-0.2, 0) is 0 Å². The van der Waals surface area contributed by atoms with Crippen LogP contribution in [-0.4, -0.2) is 0 Å². The molecule has 0 saturated carbocycles. The Bertz CT molecular complexity index is 615. The molecule has 0 heterocycles. The van der Waals surface area contributed by atoms with Crippen molar-refractivity contribution in [1.29, 1.82) is 0 Å². The van der Waals surface area contributed by atoms with E-state index < -0.39 is 0 Å². The maximum atomic E-state index is 13.4. The van der Waals surface area contributed by atoms with Gasteiger partial charge in [-0.25, -0.2) is 4.39 Å². The fourth-order valence-corrected chi connectivity index (χ4v) is 2.99. The van der Waals surface area contributed by atoms with Crippen molar-refractivity contribution in [3.63, 3.8) is 0 Å². The molecule has 0 aliphatic heterocycles. The third-order valence-corrected chi connectivity index (χ3v) is 4.10. The molecular weight excluding hydrogens is 308 g/mol. The van der Waals surface area contributed by atoms with Crippen LogP contribution >= 0.6 is 23.2 Å². The Morgan fingerprint density at radius 2 is 1.90 bits per heavy atom. The van der Waals surface area contributed by atoms with E-state index in [2.05, 4.69) is 12.2 Å². The van der Waals surface area contributed by atoms with Crippen LogP contribution < -0.4 is 5.32 Å². The van der Waals surface area contributed by atoms with Crippen LogP contribution in [0.4, 0.5) is 4.39 Å². The zero-order valence-electron chi connectivity index (χ0n) is 12.0. The van der Waals surface area contributed by atoms with Crippen molar-refractivity contribution >= 4 is 23.2 Å². The van der Waals surface area contributed by atoms with E-state index in [0.29, 0.717) is 10.0 Å². The third-order valence-electron chi connectivity index (χ3n) is 3.54. The summed E-state index contributed by atoms with van der Waals surface area (Å²) in [6, 6.07) is 12.3.